The fraction of sp³-hybridized carbons (Fsp3) is 0.400. The molecule has 1 aromatic carbocycles. The lowest BCUT2D eigenvalue weighted by Crippen LogP contribution is -2.19. The fourth-order valence-electron chi connectivity index (χ4n) is 3.86. The molecule has 1 heterocycles. The third-order valence-electron chi connectivity index (χ3n) is 5.00. The number of halogens is 3. The Morgan fingerprint density at radius 3 is 2.69 bits per heavy atom. The molecule has 1 aliphatic carbocycles. The summed E-state index contributed by atoms with van der Waals surface area (Å²) in [5.74, 6) is 0.397. The first-order valence-electron chi connectivity index (χ1n) is 8.74. The molecule has 0 saturated heterocycles. The average molecular weight is 359 g/mol. The van der Waals surface area contributed by atoms with Gasteiger partial charge in [-0.1, -0.05) is 38.0 Å². The number of alkyl halides is 3. The molecular formula is C20H20F3N3. The monoisotopic (exact) mass is 359 g/mol. The molecule has 1 aliphatic rings. The summed E-state index contributed by atoms with van der Waals surface area (Å²) in [6.45, 7) is 2.09. The second-order valence-electron chi connectivity index (χ2n) is 6.72. The standard InChI is InChI=1S/C20H20F3N3/c1-2-5-12-8-9-17-14(10-12)18(15(11-24)19(25)26-17)13-6-3-4-7-16(13)20(21,22)23/h3-4,6-7,12H,2,5,8-10H2,1H3,(H2,25,26). The van der Waals surface area contributed by atoms with Gasteiger partial charge in [0, 0.05) is 11.3 Å². The van der Waals surface area contributed by atoms with Gasteiger partial charge in [0.25, 0.3) is 0 Å². The number of fused-ring (bicyclic) bond motifs is 1. The largest absolute Gasteiger partial charge is 0.417 e. The van der Waals surface area contributed by atoms with Crippen LogP contribution in [0.5, 0.6) is 0 Å². The molecule has 0 spiro atoms. The molecule has 0 fully saturated rings. The minimum absolute atomic E-state index is 0.00664. The molecular weight excluding hydrogens is 339 g/mol. The van der Waals surface area contributed by atoms with Gasteiger partial charge in [0.1, 0.15) is 17.5 Å². The second kappa shape index (κ2) is 6.99. The molecule has 2 N–H and O–H groups in total. The Kier molecular flexibility index (Phi) is 4.90. The summed E-state index contributed by atoms with van der Waals surface area (Å²) in [6, 6.07) is 7.36. The number of nitriles is 1. The van der Waals surface area contributed by atoms with Crippen LogP contribution >= 0.6 is 0 Å². The van der Waals surface area contributed by atoms with Gasteiger partial charge in [-0.2, -0.15) is 18.4 Å². The maximum absolute atomic E-state index is 13.6. The molecule has 0 saturated carbocycles. The van der Waals surface area contributed by atoms with E-state index in [1.54, 1.807) is 6.07 Å². The van der Waals surface area contributed by atoms with Crippen molar-refractivity contribution in [3.8, 4) is 17.2 Å². The van der Waals surface area contributed by atoms with Crippen LogP contribution in [-0.2, 0) is 19.0 Å². The van der Waals surface area contributed by atoms with E-state index in [0.29, 0.717) is 24.3 Å². The van der Waals surface area contributed by atoms with Gasteiger partial charge in [-0.05, 0) is 42.4 Å². The number of rotatable bonds is 3. The minimum atomic E-state index is -4.51. The molecule has 26 heavy (non-hydrogen) atoms. The molecule has 1 unspecified atom stereocenters. The first kappa shape index (κ1) is 18.2. The van der Waals surface area contributed by atoms with Gasteiger partial charge < -0.3 is 5.73 Å². The zero-order chi connectivity index (χ0) is 18.9. The Hall–Kier alpha value is -2.55. The molecule has 2 aromatic rings. The summed E-state index contributed by atoms with van der Waals surface area (Å²) in [6.07, 6.45) is -0.233. The first-order chi connectivity index (χ1) is 12.4. The smallest absolute Gasteiger partial charge is 0.383 e. The van der Waals surface area contributed by atoms with Crippen LogP contribution in [0.25, 0.3) is 11.1 Å². The highest BCUT2D eigenvalue weighted by atomic mass is 19.4. The fourth-order valence-corrected chi connectivity index (χ4v) is 3.86. The summed E-state index contributed by atoms with van der Waals surface area (Å²) in [4.78, 5) is 4.33. The van der Waals surface area contributed by atoms with Gasteiger partial charge in [-0.15, -0.1) is 0 Å². The van der Waals surface area contributed by atoms with Crippen molar-refractivity contribution in [1.82, 2.24) is 4.98 Å². The zero-order valence-electron chi connectivity index (χ0n) is 14.5. The number of aryl methyl sites for hydroxylation is 1. The van der Waals surface area contributed by atoms with Crippen LogP contribution in [-0.4, -0.2) is 4.98 Å². The molecule has 0 bridgehead atoms. The SMILES string of the molecule is CCCC1CCc2nc(N)c(C#N)c(-c3ccccc3C(F)(F)F)c2C1. The quantitative estimate of drug-likeness (QED) is 0.827. The van der Waals surface area contributed by atoms with E-state index in [9.17, 15) is 18.4 Å². The number of aromatic nitrogens is 1. The Morgan fingerprint density at radius 1 is 1.31 bits per heavy atom. The van der Waals surface area contributed by atoms with Gasteiger partial charge in [0.2, 0.25) is 0 Å². The van der Waals surface area contributed by atoms with E-state index in [1.165, 1.54) is 12.1 Å². The maximum atomic E-state index is 13.6. The van der Waals surface area contributed by atoms with Crippen molar-refractivity contribution in [3.05, 3.63) is 46.6 Å². The summed E-state index contributed by atoms with van der Waals surface area (Å²) in [5, 5.41) is 9.57. The lowest BCUT2D eigenvalue weighted by molar-refractivity contribution is -0.137. The number of nitrogens with two attached hydrogens (primary N) is 1. The van der Waals surface area contributed by atoms with E-state index in [-0.39, 0.29) is 16.9 Å². The van der Waals surface area contributed by atoms with Crippen LogP contribution in [0.4, 0.5) is 19.0 Å². The Morgan fingerprint density at radius 2 is 2.04 bits per heavy atom. The first-order valence-corrected chi connectivity index (χ1v) is 8.74. The lowest BCUT2D eigenvalue weighted by Gasteiger charge is -2.27. The van der Waals surface area contributed by atoms with Gasteiger partial charge in [0.15, 0.2) is 0 Å². The van der Waals surface area contributed by atoms with E-state index < -0.39 is 11.7 Å². The van der Waals surface area contributed by atoms with E-state index in [4.69, 9.17) is 5.73 Å². The number of nitrogen functional groups attached to an aromatic ring is 1. The van der Waals surface area contributed by atoms with Crippen molar-refractivity contribution in [2.24, 2.45) is 5.92 Å². The normalized spacial score (nSPS) is 16.8. The van der Waals surface area contributed by atoms with Crippen LogP contribution < -0.4 is 5.73 Å². The number of benzene rings is 1. The topological polar surface area (TPSA) is 62.7 Å². The van der Waals surface area contributed by atoms with Crippen molar-refractivity contribution in [3.63, 3.8) is 0 Å². The molecule has 1 atom stereocenters. The predicted octanol–water partition coefficient (Wildman–Crippen LogP) is 5.13. The summed E-state index contributed by atoms with van der Waals surface area (Å²) in [5.41, 5.74) is 7.01. The van der Waals surface area contributed by atoms with Crippen LogP contribution in [0.1, 0.15) is 48.6 Å². The molecule has 3 rings (SSSR count). The average Bonchev–Trinajstić information content (AvgIpc) is 2.60. The van der Waals surface area contributed by atoms with E-state index in [2.05, 4.69) is 11.9 Å². The maximum Gasteiger partial charge on any atom is 0.417 e. The summed E-state index contributed by atoms with van der Waals surface area (Å²) >= 11 is 0. The number of anilines is 1. The predicted molar refractivity (Wildman–Crippen MR) is 94.2 cm³/mol. The van der Waals surface area contributed by atoms with Crippen molar-refractivity contribution < 1.29 is 13.2 Å². The van der Waals surface area contributed by atoms with Gasteiger partial charge in [-0.25, -0.2) is 4.98 Å². The van der Waals surface area contributed by atoms with Crippen molar-refractivity contribution in [1.29, 1.82) is 5.26 Å². The van der Waals surface area contributed by atoms with Crippen LogP contribution in [0.15, 0.2) is 24.3 Å². The highest BCUT2D eigenvalue weighted by Gasteiger charge is 2.36. The van der Waals surface area contributed by atoms with E-state index >= 15 is 0 Å². The molecule has 1 aromatic heterocycles. The van der Waals surface area contributed by atoms with Crippen LogP contribution in [0, 0.1) is 17.2 Å². The Balaban J connectivity index is 2.29. The molecule has 0 radical (unpaired) electrons. The van der Waals surface area contributed by atoms with Crippen molar-refractivity contribution in [2.45, 2.75) is 45.2 Å². The highest BCUT2D eigenvalue weighted by Crippen LogP contribution is 2.43. The molecule has 0 amide bonds. The summed E-state index contributed by atoms with van der Waals surface area (Å²) in [7, 11) is 0. The number of nitrogens with zero attached hydrogens (tertiary/aromatic N) is 2. The highest BCUT2D eigenvalue weighted by molar-refractivity contribution is 5.81. The van der Waals surface area contributed by atoms with Crippen LogP contribution in [0.3, 0.4) is 0 Å². The van der Waals surface area contributed by atoms with Crippen molar-refractivity contribution >= 4 is 5.82 Å². The van der Waals surface area contributed by atoms with Gasteiger partial charge in [-0.3, -0.25) is 0 Å². The van der Waals surface area contributed by atoms with E-state index in [0.717, 1.165) is 36.6 Å². The third-order valence-corrected chi connectivity index (χ3v) is 5.00. The summed E-state index contributed by atoms with van der Waals surface area (Å²) < 4.78 is 40.7. The molecule has 3 nitrogen and oxygen atoms in total. The van der Waals surface area contributed by atoms with Crippen molar-refractivity contribution in [2.75, 3.05) is 5.73 Å². The van der Waals surface area contributed by atoms with E-state index in [1.807, 2.05) is 6.07 Å². The molecule has 0 aliphatic heterocycles. The number of hydrogen-bond donors (Lipinski definition) is 1. The molecule has 6 heteroatoms. The Labute approximate surface area is 150 Å². The third kappa shape index (κ3) is 3.26. The van der Waals surface area contributed by atoms with Gasteiger partial charge >= 0.3 is 6.18 Å². The number of hydrogen-bond acceptors (Lipinski definition) is 3. The lowest BCUT2D eigenvalue weighted by atomic mass is 9.79. The second-order valence-corrected chi connectivity index (χ2v) is 6.72. The van der Waals surface area contributed by atoms with Gasteiger partial charge in [0.05, 0.1) is 5.56 Å². The molecule has 136 valence electrons. The van der Waals surface area contributed by atoms with Crippen LogP contribution in [0.2, 0.25) is 0 Å². The minimum Gasteiger partial charge on any atom is -0.383 e. The Bertz CT molecular complexity index is 866. The number of pyridine rings is 1. The zero-order valence-corrected chi connectivity index (χ0v) is 14.5.